The van der Waals surface area contributed by atoms with E-state index >= 15 is 0 Å². The number of rotatable bonds is 3. The minimum atomic E-state index is 0.123. The summed E-state index contributed by atoms with van der Waals surface area (Å²) in [7, 11) is 0. The van der Waals surface area contributed by atoms with Crippen molar-refractivity contribution in [3.05, 3.63) is 42.7 Å². The van der Waals surface area contributed by atoms with E-state index in [1.54, 1.807) is 6.33 Å². The van der Waals surface area contributed by atoms with Crippen molar-refractivity contribution in [1.29, 1.82) is 0 Å². The fourth-order valence-corrected chi connectivity index (χ4v) is 3.22. The van der Waals surface area contributed by atoms with Gasteiger partial charge in [-0.1, -0.05) is 12.1 Å². The van der Waals surface area contributed by atoms with Gasteiger partial charge in [-0.2, -0.15) is 5.10 Å². The Morgan fingerprint density at radius 3 is 3.09 bits per heavy atom. The standard InChI is InChI=1S/C16H18N6O/c23-15(9-22-11-18-13-5-1-2-6-14(13)22)21-7-3-4-12(8-21)16-17-10-19-20-16/h1-2,5-6,10-12H,3-4,7-9H2,(H,17,19,20)/t12-/m1/s1. The van der Waals surface area contributed by atoms with Crippen molar-refractivity contribution in [2.24, 2.45) is 0 Å². The van der Waals surface area contributed by atoms with Crippen LogP contribution in [0, 0.1) is 0 Å². The zero-order valence-electron chi connectivity index (χ0n) is 12.7. The van der Waals surface area contributed by atoms with Crippen LogP contribution >= 0.6 is 0 Å². The van der Waals surface area contributed by atoms with Crippen molar-refractivity contribution in [2.75, 3.05) is 13.1 Å². The second kappa shape index (κ2) is 5.83. The predicted molar refractivity (Wildman–Crippen MR) is 84.7 cm³/mol. The number of hydrogen-bond donors (Lipinski definition) is 1. The van der Waals surface area contributed by atoms with Gasteiger partial charge >= 0.3 is 0 Å². The van der Waals surface area contributed by atoms with Gasteiger partial charge < -0.3 is 9.47 Å². The molecule has 0 spiro atoms. The molecule has 3 heterocycles. The molecule has 0 bridgehead atoms. The molecule has 7 heteroatoms. The van der Waals surface area contributed by atoms with Crippen LogP contribution in [0.15, 0.2) is 36.9 Å². The van der Waals surface area contributed by atoms with Crippen LogP contribution in [0.4, 0.5) is 0 Å². The van der Waals surface area contributed by atoms with Crippen LogP contribution in [-0.4, -0.2) is 48.6 Å². The lowest BCUT2D eigenvalue weighted by molar-refractivity contribution is -0.133. The first kappa shape index (κ1) is 13.9. The third-order valence-corrected chi connectivity index (χ3v) is 4.43. The molecular formula is C16H18N6O. The maximum absolute atomic E-state index is 12.7. The first-order valence-electron chi connectivity index (χ1n) is 7.84. The van der Waals surface area contributed by atoms with Crippen molar-refractivity contribution in [1.82, 2.24) is 29.6 Å². The van der Waals surface area contributed by atoms with Gasteiger partial charge in [-0.15, -0.1) is 0 Å². The Kier molecular flexibility index (Phi) is 3.53. The number of piperidine rings is 1. The quantitative estimate of drug-likeness (QED) is 0.796. The van der Waals surface area contributed by atoms with Gasteiger partial charge in [-0.25, -0.2) is 9.97 Å². The zero-order valence-corrected chi connectivity index (χ0v) is 12.7. The van der Waals surface area contributed by atoms with Crippen LogP contribution in [0.3, 0.4) is 0 Å². The number of benzene rings is 1. The van der Waals surface area contributed by atoms with E-state index in [9.17, 15) is 4.79 Å². The maximum Gasteiger partial charge on any atom is 0.242 e. The lowest BCUT2D eigenvalue weighted by Gasteiger charge is -2.31. The summed E-state index contributed by atoms with van der Waals surface area (Å²) >= 11 is 0. The average Bonchev–Trinajstić information content (AvgIpc) is 3.25. The number of nitrogens with one attached hydrogen (secondary N) is 1. The largest absolute Gasteiger partial charge is 0.340 e. The minimum absolute atomic E-state index is 0.123. The number of fused-ring (bicyclic) bond motifs is 1. The summed E-state index contributed by atoms with van der Waals surface area (Å²) in [5, 5.41) is 6.83. The molecule has 1 atom stereocenters. The summed E-state index contributed by atoms with van der Waals surface area (Å²) in [6.45, 7) is 1.82. The number of aromatic amines is 1. The van der Waals surface area contributed by atoms with Gasteiger partial charge in [0.2, 0.25) is 5.91 Å². The Morgan fingerprint density at radius 1 is 1.30 bits per heavy atom. The van der Waals surface area contributed by atoms with E-state index in [0.717, 1.165) is 36.2 Å². The molecule has 1 saturated heterocycles. The van der Waals surface area contributed by atoms with Crippen LogP contribution in [0.2, 0.25) is 0 Å². The maximum atomic E-state index is 12.7. The molecule has 1 amide bonds. The fraction of sp³-hybridized carbons (Fsp3) is 0.375. The zero-order chi connectivity index (χ0) is 15.6. The SMILES string of the molecule is O=C(Cn1cnc2ccccc21)N1CCC[C@@H](c2ncn[nH]2)C1. The molecule has 3 aromatic rings. The molecule has 4 rings (SSSR count). The summed E-state index contributed by atoms with van der Waals surface area (Å²) in [6, 6.07) is 7.86. The molecule has 1 aliphatic rings. The number of likely N-dealkylation sites (tertiary alicyclic amines) is 1. The van der Waals surface area contributed by atoms with Gasteiger partial charge in [0, 0.05) is 19.0 Å². The van der Waals surface area contributed by atoms with Crippen molar-refractivity contribution in [3.8, 4) is 0 Å². The molecule has 0 unspecified atom stereocenters. The molecule has 1 aromatic carbocycles. The van der Waals surface area contributed by atoms with Gasteiger partial charge in [-0.3, -0.25) is 9.89 Å². The first-order valence-corrected chi connectivity index (χ1v) is 7.84. The summed E-state index contributed by atoms with van der Waals surface area (Å²) in [5.41, 5.74) is 1.91. The predicted octanol–water partition coefficient (Wildman–Crippen LogP) is 1.56. The van der Waals surface area contributed by atoms with Crippen molar-refractivity contribution in [3.63, 3.8) is 0 Å². The van der Waals surface area contributed by atoms with E-state index in [0.29, 0.717) is 13.1 Å². The van der Waals surface area contributed by atoms with Gasteiger partial charge in [0.25, 0.3) is 0 Å². The molecule has 1 aliphatic heterocycles. The van der Waals surface area contributed by atoms with Gasteiger partial charge in [0.1, 0.15) is 18.7 Å². The summed E-state index contributed by atoms with van der Waals surface area (Å²) in [4.78, 5) is 23.1. The molecule has 1 fully saturated rings. The third-order valence-electron chi connectivity index (χ3n) is 4.43. The van der Waals surface area contributed by atoms with Crippen molar-refractivity contribution >= 4 is 16.9 Å². The highest BCUT2D eigenvalue weighted by Gasteiger charge is 2.26. The lowest BCUT2D eigenvalue weighted by Crippen LogP contribution is -2.41. The number of para-hydroxylation sites is 2. The summed E-state index contributed by atoms with van der Waals surface area (Å²) in [5.74, 6) is 1.24. The number of imidazole rings is 1. The molecule has 23 heavy (non-hydrogen) atoms. The van der Waals surface area contributed by atoms with Crippen LogP contribution in [0.5, 0.6) is 0 Å². The van der Waals surface area contributed by atoms with Crippen LogP contribution < -0.4 is 0 Å². The summed E-state index contributed by atoms with van der Waals surface area (Å²) < 4.78 is 1.91. The lowest BCUT2D eigenvalue weighted by atomic mass is 9.97. The van der Waals surface area contributed by atoms with E-state index in [1.807, 2.05) is 33.7 Å². The molecule has 0 aliphatic carbocycles. The highest BCUT2D eigenvalue weighted by molar-refractivity contribution is 5.80. The number of nitrogens with zero attached hydrogens (tertiary/aromatic N) is 5. The average molecular weight is 310 g/mol. The van der Waals surface area contributed by atoms with Crippen LogP contribution in [0.1, 0.15) is 24.6 Å². The van der Waals surface area contributed by atoms with E-state index in [1.165, 1.54) is 6.33 Å². The Balaban J connectivity index is 1.48. The molecule has 1 N–H and O–H groups in total. The molecular weight excluding hydrogens is 292 g/mol. The smallest absolute Gasteiger partial charge is 0.242 e. The van der Waals surface area contributed by atoms with E-state index in [2.05, 4.69) is 20.2 Å². The molecule has 0 saturated carbocycles. The number of carbonyl (C=O) groups excluding carboxylic acids is 1. The second-order valence-electron chi connectivity index (χ2n) is 5.91. The normalized spacial score (nSPS) is 18.4. The minimum Gasteiger partial charge on any atom is -0.340 e. The van der Waals surface area contributed by atoms with Crippen molar-refractivity contribution in [2.45, 2.75) is 25.3 Å². The molecule has 2 aromatic heterocycles. The third kappa shape index (κ3) is 2.69. The van der Waals surface area contributed by atoms with E-state index in [4.69, 9.17) is 0 Å². The fourth-order valence-electron chi connectivity index (χ4n) is 3.22. The monoisotopic (exact) mass is 310 g/mol. The number of carbonyl (C=O) groups is 1. The molecule has 7 nitrogen and oxygen atoms in total. The Hall–Kier alpha value is -2.70. The second-order valence-corrected chi connectivity index (χ2v) is 5.91. The van der Waals surface area contributed by atoms with E-state index < -0.39 is 0 Å². The van der Waals surface area contributed by atoms with Gasteiger partial charge in [-0.05, 0) is 25.0 Å². The highest BCUT2D eigenvalue weighted by atomic mass is 16.2. The summed E-state index contributed by atoms with van der Waals surface area (Å²) in [6.07, 6.45) is 5.28. The molecule has 0 radical (unpaired) electrons. The topological polar surface area (TPSA) is 79.7 Å². The number of aromatic nitrogens is 5. The number of amides is 1. The van der Waals surface area contributed by atoms with Crippen LogP contribution in [0.25, 0.3) is 11.0 Å². The van der Waals surface area contributed by atoms with E-state index in [-0.39, 0.29) is 11.8 Å². The number of hydrogen-bond acceptors (Lipinski definition) is 4. The van der Waals surface area contributed by atoms with Crippen LogP contribution in [-0.2, 0) is 11.3 Å². The number of H-pyrrole nitrogens is 1. The van der Waals surface area contributed by atoms with Gasteiger partial charge in [0.05, 0.1) is 17.4 Å². The molecule has 118 valence electrons. The highest BCUT2D eigenvalue weighted by Crippen LogP contribution is 2.24. The van der Waals surface area contributed by atoms with Crippen molar-refractivity contribution < 1.29 is 4.79 Å². The Bertz CT molecular complexity index is 809. The Morgan fingerprint density at radius 2 is 2.22 bits per heavy atom. The van der Waals surface area contributed by atoms with Gasteiger partial charge in [0.15, 0.2) is 0 Å². The Labute approximate surface area is 133 Å². The first-order chi connectivity index (χ1) is 11.3.